The Labute approximate surface area is 118 Å². The highest BCUT2D eigenvalue weighted by Crippen LogP contribution is 2.43. The molecule has 1 saturated carbocycles. The molecule has 0 N–H and O–H groups in total. The van der Waals surface area contributed by atoms with E-state index < -0.39 is 20.7 Å². The smallest absolute Gasteiger partial charge is 0.360 e. The molecule has 0 saturated heterocycles. The van der Waals surface area contributed by atoms with Gasteiger partial charge in [0.15, 0.2) is 0 Å². The van der Waals surface area contributed by atoms with E-state index >= 15 is 0 Å². The molecule has 5 nitrogen and oxygen atoms in total. The summed E-state index contributed by atoms with van der Waals surface area (Å²) < 4.78 is 24.6. The first-order chi connectivity index (χ1) is 9.39. The molecule has 1 aliphatic carbocycles. The van der Waals surface area contributed by atoms with Crippen molar-refractivity contribution in [2.24, 2.45) is 5.41 Å². The zero-order valence-corrected chi connectivity index (χ0v) is 12.1. The van der Waals surface area contributed by atoms with Crippen molar-refractivity contribution in [3.63, 3.8) is 0 Å². The minimum Gasteiger partial charge on any atom is -0.360 e. The highest BCUT2D eigenvalue weighted by molar-refractivity contribution is 8.08. The monoisotopic (exact) mass is 292 g/mol. The van der Waals surface area contributed by atoms with Crippen molar-refractivity contribution in [1.82, 2.24) is 0 Å². The van der Waals surface area contributed by atoms with Crippen LogP contribution in [0.2, 0.25) is 0 Å². The summed E-state index contributed by atoms with van der Waals surface area (Å²) in [6.07, 6.45) is 2.92. The van der Waals surface area contributed by atoms with E-state index in [0.717, 1.165) is 19.3 Å². The maximum absolute atomic E-state index is 12.3. The summed E-state index contributed by atoms with van der Waals surface area (Å²) in [5, 5.41) is -0.767. The van der Waals surface area contributed by atoms with Gasteiger partial charge in [0.2, 0.25) is 0 Å². The van der Waals surface area contributed by atoms with Crippen LogP contribution in [0.4, 0.5) is 0 Å². The molecule has 0 atom stereocenters. The van der Waals surface area contributed by atoms with Gasteiger partial charge in [-0.05, 0) is 30.4 Å². The lowest BCUT2D eigenvalue weighted by Crippen LogP contribution is -2.34. The SMILES string of the molecule is CC1(CC(=O)C(=[N+]=[N-])S(=O)(=O)c2ccccc2)CCC1. The Hall–Kier alpha value is -1.78. The van der Waals surface area contributed by atoms with E-state index in [1.165, 1.54) is 12.1 Å². The third-order valence-corrected chi connectivity index (χ3v) is 5.50. The molecule has 106 valence electrons. The van der Waals surface area contributed by atoms with Gasteiger partial charge < -0.3 is 5.53 Å². The van der Waals surface area contributed by atoms with Crippen LogP contribution in [0.5, 0.6) is 0 Å². The Bertz CT molecular complexity index is 670. The summed E-state index contributed by atoms with van der Waals surface area (Å²) in [5.74, 6) is -0.626. The number of carbonyl (C=O) groups is 1. The Morgan fingerprint density at radius 2 is 1.90 bits per heavy atom. The molecule has 0 unspecified atom stereocenters. The van der Waals surface area contributed by atoms with E-state index in [9.17, 15) is 13.2 Å². The maximum atomic E-state index is 12.3. The lowest BCUT2D eigenvalue weighted by molar-refractivity contribution is -0.119. The van der Waals surface area contributed by atoms with Crippen molar-refractivity contribution in [3.8, 4) is 0 Å². The number of hydrogen-bond acceptors (Lipinski definition) is 3. The predicted octanol–water partition coefficient (Wildman–Crippen LogP) is 2.24. The second kappa shape index (κ2) is 5.31. The van der Waals surface area contributed by atoms with Crippen LogP contribution >= 0.6 is 0 Å². The highest BCUT2D eigenvalue weighted by atomic mass is 32.2. The van der Waals surface area contributed by atoms with Gasteiger partial charge in [0.05, 0.1) is 4.90 Å². The van der Waals surface area contributed by atoms with Crippen molar-refractivity contribution in [2.75, 3.05) is 0 Å². The maximum Gasteiger partial charge on any atom is 0.451 e. The Morgan fingerprint density at radius 3 is 2.35 bits per heavy atom. The van der Waals surface area contributed by atoms with Crippen LogP contribution in [0, 0.1) is 5.41 Å². The van der Waals surface area contributed by atoms with Gasteiger partial charge in [-0.25, -0.2) is 8.42 Å². The van der Waals surface area contributed by atoms with E-state index in [1.54, 1.807) is 18.2 Å². The summed E-state index contributed by atoms with van der Waals surface area (Å²) in [4.78, 5) is 14.8. The first-order valence-electron chi connectivity index (χ1n) is 6.44. The fraction of sp³-hybridized carbons (Fsp3) is 0.429. The topological polar surface area (TPSA) is 87.6 Å². The molecule has 1 aromatic rings. The van der Waals surface area contributed by atoms with E-state index in [0.29, 0.717) is 0 Å². The molecule has 0 amide bonds. The molecular formula is C14H16N2O3S. The average molecular weight is 292 g/mol. The second-order valence-electron chi connectivity index (χ2n) is 5.49. The van der Waals surface area contributed by atoms with Gasteiger partial charge in [-0.2, -0.15) is 0 Å². The zero-order chi connectivity index (χ0) is 14.8. The number of hydrogen-bond donors (Lipinski definition) is 0. The molecule has 6 heteroatoms. The molecule has 0 radical (unpaired) electrons. The van der Waals surface area contributed by atoms with Crippen molar-refractivity contribution in [1.29, 1.82) is 0 Å². The average Bonchev–Trinajstić information content (AvgIpc) is 2.38. The minimum absolute atomic E-state index is 0.0417. The van der Waals surface area contributed by atoms with Crippen LogP contribution in [0.25, 0.3) is 5.53 Å². The fourth-order valence-electron chi connectivity index (χ4n) is 2.39. The quantitative estimate of drug-likeness (QED) is 0.369. The first kappa shape index (κ1) is 14.6. The third-order valence-electron chi connectivity index (χ3n) is 3.79. The van der Waals surface area contributed by atoms with Crippen molar-refractivity contribution in [3.05, 3.63) is 35.9 Å². The summed E-state index contributed by atoms with van der Waals surface area (Å²) in [6.45, 7) is 1.94. The summed E-state index contributed by atoms with van der Waals surface area (Å²) in [5.41, 5.74) is 8.80. The van der Waals surface area contributed by atoms with Gasteiger partial charge >= 0.3 is 5.04 Å². The number of benzene rings is 1. The molecule has 1 aliphatic rings. The largest absolute Gasteiger partial charge is 0.451 e. The van der Waals surface area contributed by atoms with Crippen LogP contribution in [-0.4, -0.2) is 24.0 Å². The molecule has 2 rings (SSSR count). The molecule has 0 spiro atoms. The summed E-state index contributed by atoms with van der Waals surface area (Å²) in [6, 6.07) is 7.53. The fourth-order valence-corrected chi connectivity index (χ4v) is 3.61. The molecule has 1 aromatic carbocycles. The Morgan fingerprint density at radius 1 is 1.30 bits per heavy atom. The Balaban J connectivity index is 2.29. The van der Waals surface area contributed by atoms with Gasteiger partial charge in [-0.3, -0.25) is 4.79 Å². The van der Waals surface area contributed by atoms with Gasteiger partial charge in [-0.1, -0.05) is 31.5 Å². The van der Waals surface area contributed by atoms with Gasteiger partial charge in [0.1, 0.15) is 0 Å². The number of rotatable bonds is 4. The van der Waals surface area contributed by atoms with E-state index in [-0.39, 0.29) is 16.7 Å². The molecule has 20 heavy (non-hydrogen) atoms. The first-order valence-corrected chi connectivity index (χ1v) is 7.93. The molecule has 0 bridgehead atoms. The highest BCUT2D eigenvalue weighted by Gasteiger charge is 2.42. The van der Waals surface area contributed by atoms with Crippen LogP contribution in [0.1, 0.15) is 32.6 Å². The normalized spacial score (nSPS) is 16.9. The number of carbonyl (C=O) groups excluding carboxylic acids is 1. The van der Waals surface area contributed by atoms with E-state index in [4.69, 9.17) is 5.53 Å². The summed E-state index contributed by atoms with van der Waals surface area (Å²) in [7, 11) is -4.06. The molecule has 0 aliphatic heterocycles. The molecule has 0 heterocycles. The van der Waals surface area contributed by atoms with Crippen molar-refractivity contribution in [2.45, 2.75) is 37.5 Å². The third kappa shape index (κ3) is 2.71. The molecular weight excluding hydrogens is 276 g/mol. The standard InChI is InChI=1S/C14H16N2O3S/c1-14(8-5-9-14)10-12(17)13(16-15)20(18,19)11-6-3-2-4-7-11/h2-4,6-7H,5,8-10H2,1H3. The van der Waals surface area contributed by atoms with E-state index in [1.807, 2.05) is 6.92 Å². The van der Waals surface area contributed by atoms with E-state index in [2.05, 4.69) is 4.79 Å². The van der Waals surface area contributed by atoms with Crippen LogP contribution in [-0.2, 0) is 14.6 Å². The van der Waals surface area contributed by atoms with Crippen LogP contribution in [0.3, 0.4) is 0 Å². The van der Waals surface area contributed by atoms with Crippen LogP contribution < -0.4 is 0 Å². The summed E-state index contributed by atoms with van der Waals surface area (Å²) >= 11 is 0. The van der Waals surface area contributed by atoms with Gasteiger partial charge in [0.25, 0.3) is 15.6 Å². The number of nitrogens with zero attached hydrogens (tertiary/aromatic N) is 2. The Kier molecular flexibility index (Phi) is 3.88. The van der Waals surface area contributed by atoms with Crippen molar-refractivity contribution < 1.29 is 18.0 Å². The number of ketones is 1. The minimum atomic E-state index is -4.06. The zero-order valence-electron chi connectivity index (χ0n) is 11.2. The lowest BCUT2D eigenvalue weighted by atomic mass is 9.67. The second-order valence-corrected chi connectivity index (χ2v) is 7.35. The molecule has 1 fully saturated rings. The predicted molar refractivity (Wildman–Crippen MR) is 73.8 cm³/mol. The number of Topliss-reactive ketones (excluding diaryl/α,β-unsaturated/α-hetero) is 1. The number of sulfone groups is 1. The van der Waals surface area contributed by atoms with Gasteiger partial charge in [0, 0.05) is 6.42 Å². The van der Waals surface area contributed by atoms with Crippen molar-refractivity contribution >= 4 is 20.7 Å². The van der Waals surface area contributed by atoms with Crippen LogP contribution in [0.15, 0.2) is 35.2 Å². The van der Waals surface area contributed by atoms with Gasteiger partial charge in [-0.15, -0.1) is 4.79 Å². The molecule has 0 aromatic heterocycles. The lowest BCUT2D eigenvalue weighted by Gasteiger charge is -2.37.